The third-order valence-corrected chi connectivity index (χ3v) is 4.59. The number of hydrogen-bond donors (Lipinski definition) is 2. The van der Waals surface area contributed by atoms with Crippen molar-refractivity contribution in [2.75, 3.05) is 10.5 Å². The molecule has 0 unspecified atom stereocenters. The molecule has 21 heavy (non-hydrogen) atoms. The van der Waals surface area contributed by atoms with E-state index in [1.54, 1.807) is 0 Å². The minimum absolute atomic E-state index is 0.215. The van der Waals surface area contributed by atoms with Crippen molar-refractivity contribution in [3.8, 4) is 0 Å². The van der Waals surface area contributed by atoms with Gasteiger partial charge in [0.2, 0.25) is 0 Å². The summed E-state index contributed by atoms with van der Waals surface area (Å²) in [5.41, 5.74) is 5.15. The molecule has 0 aliphatic rings. The first kappa shape index (κ1) is 15.6. The Hall–Kier alpha value is -1.74. The van der Waals surface area contributed by atoms with Gasteiger partial charge in [-0.25, -0.2) is 21.6 Å². The Labute approximate surface area is 127 Å². The van der Waals surface area contributed by atoms with E-state index in [1.165, 1.54) is 18.2 Å². The number of nitrogen functional groups attached to an aromatic ring is 1. The molecule has 0 bridgehead atoms. The van der Waals surface area contributed by atoms with Gasteiger partial charge in [-0.15, -0.1) is 0 Å². The number of benzene rings is 2. The highest BCUT2D eigenvalue weighted by molar-refractivity contribution is 9.10. The topological polar surface area (TPSA) is 72.2 Å². The minimum Gasteiger partial charge on any atom is -0.398 e. The zero-order valence-electron chi connectivity index (χ0n) is 10.2. The Balaban J connectivity index is 2.42. The second-order valence-electron chi connectivity index (χ2n) is 4.03. The molecule has 112 valence electrons. The number of anilines is 2. The van der Waals surface area contributed by atoms with E-state index in [2.05, 4.69) is 15.9 Å². The summed E-state index contributed by atoms with van der Waals surface area (Å²) in [6, 6.07) is 4.41. The van der Waals surface area contributed by atoms with E-state index in [1.807, 2.05) is 4.72 Å². The van der Waals surface area contributed by atoms with Crippen LogP contribution in [0.15, 0.2) is 39.7 Å². The molecule has 0 atom stereocenters. The molecule has 3 N–H and O–H groups in total. The van der Waals surface area contributed by atoms with Crippen molar-refractivity contribution in [3.05, 3.63) is 52.3 Å². The molecule has 0 heterocycles. The molecular weight excluding hydrogens is 373 g/mol. The van der Waals surface area contributed by atoms with Crippen LogP contribution in [-0.2, 0) is 10.0 Å². The normalized spacial score (nSPS) is 11.4. The van der Waals surface area contributed by atoms with Crippen molar-refractivity contribution in [2.45, 2.75) is 4.90 Å². The van der Waals surface area contributed by atoms with Crippen LogP contribution in [0.5, 0.6) is 0 Å². The monoisotopic (exact) mass is 380 g/mol. The standard InChI is InChI=1S/C12H8BrF3N2O2S/c13-7-3-6(1-2-11(7)17)21(19,20)18-12-5-9(15)8(14)4-10(12)16/h1-5,18H,17H2. The molecule has 2 rings (SSSR count). The molecule has 0 fully saturated rings. The molecule has 0 aromatic heterocycles. The first-order valence-electron chi connectivity index (χ1n) is 5.43. The van der Waals surface area contributed by atoms with Crippen LogP contribution in [0.1, 0.15) is 0 Å². The van der Waals surface area contributed by atoms with Gasteiger partial charge in [0.25, 0.3) is 10.0 Å². The Kier molecular flexibility index (Phi) is 4.15. The quantitative estimate of drug-likeness (QED) is 0.634. The molecule has 0 radical (unpaired) electrons. The maximum atomic E-state index is 13.5. The molecule has 4 nitrogen and oxygen atoms in total. The van der Waals surface area contributed by atoms with Gasteiger partial charge in [-0.05, 0) is 34.1 Å². The van der Waals surface area contributed by atoms with Gasteiger partial charge < -0.3 is 5.73 Å². The van der Waals surface area contributed by atoms with Crippen LogP contribution in [0.4, 0.5) is 24.5 Å². The van der Waals surface area contributed by atoms with Crippen LogP contribution < -0.4 is 10.5 Å². The highest BCUT2D eigenvalue weighted by Gasteiger charge is 2.19. The maximum absolute atomic E-state index is 13.5. The van der Waals surface area contributed by atoms with Crippen LogP contribution in [0, 0.1) is 17.5 Å². The van der Waals surface area contributed by atoms with Crippen molar-refractivity contribution in [1.82, 2.24) is 0 Å². The largest absolute Gasteiger partial charge is 0.398 e. The number of hydrogen-bond acceptors (Lipinski definition) is 3. The van der Waals surface area contributed by atoms with Gasteiger partial charge in [0, 0.05) is 22.3 Å². The van der Waals surface area contributed by atoms with Gasteiger partial charge >= 0.3 is 0 Å². The molecule has 2 aromatic carbocycles. The zero-order valence-corrected chi connectivity index (χ0v) is 12.6. The summed E-state index contributed by atoms with van der Waals surface area (Å²) in [5.74, 6) is -4.01. The Morgan fingerprint density at radius 3 is 2.24 bits per heavy atom. The number of nitrogens with two attached hydrogens (primary N) is 1. The highest BCUT2D eigenvalue weighted by atomic mass is 79.9. The summed E-state index contributed by atoms with van der Waals surface area (Å²) in [6.45, 7) is 0. The number of nitrogens with one attached hydrogen (secondary N) is 1. The Bertz CT molecular complexity index is 812. The van der Waals surface area contributed by atoms with E-state index in [0.29, 0.717) is 16.2 Å². The lowest BCUT2D eigenvalue weighted by Crippen LogP contribution is -2.14. The first-order chi connectivity index (χ1) is 9.70. The molecule has 0 amide bonds. The molecule has 9 heteroatoms. The van der Waals surface area contributed by atoms with Gasteiger partial charge in [-0.1, -0.05) is 0 Å². The SMILES string of the molecule is Nc1ccc(S(=O)(=O)Nc2cc(F)c(F)cc2F)cc1Br. The summed E-state index contributed by atoms with van der Waals surface area (Å²) < 4.78 is 65.6. The van der Waals surface area contributed by atoms with E-state index in [-0.39, 0.29) is 11.0 Å². The van der Waals surface area contributed by atoms with Crippen molar-refractivity contribution >= 4 is 37.3 Å². The van der Waals surface area contributed by atoms with Crippen LogP contribution >= 0.6 is 15.9 Å². The van der Waals surface area contributed by atoms with Crippen molar-refractivity contribution in [1.29, 1.82) is 0 Å². The average Bonchev–Trinajstić information content (AvgIpc) is 2.39. The molecular formula is C12H8BrF3N2O2S. The van der Waals surface area contributed by atoms with Crippen LogP contribution in [-0.4, -0.2) is 8.42 Å². The zero-order chi connectivity index (χ0) is 15.8. The minimum atomic E-state index is -4.17. The van der Waals surface area contributed by atoms with Crippen molar-refractivity contribution in [2.24, 2.45) is 0 Å². The van der Waals surface area contributed by atoms with E-state index in [9.17, 15) is 21.6 Å². The van der Waals surface area contributed by atoms with Gasteiger partial charge in [-0.3, -0.25) is 4.72 Å². The first-order valence-corrected chi connectivity index (χ1v) is 7.71. The lowest BCUT2D eigenvalue weighted by molar-refractivity contribution is 0.496. The number of sulfonamides is 1. The van der Waals surface area contributed by atoms with Crippen LogP contribution in [0.2, 0.25) is 0 Å². The maximum Gasteiger partial charge on any atom is 0.262 e. The second kappa shape index (κ2) is 5.57. The highest BCUT2D eigenvalue weighted by Crippen LogP contribution is 2.26. The molecule has 0 saturated carbocycles. The number of rotatable bonds is 3. The Morgan fingerprint density at radius 1 is 1.00 bits per heavy atom. The summed E-state index contributed by atoms with van der Waals surface area (Å²) >= 11 is 3.06. The predicted molar refractivity (Wildman–Crippen MR) is 75.7 cm³/mol. The van der Waals surface area contributed by atoms with Gasteiger partial charge in [0.05, 0.1) is 10.6 Å². The lowest BCUT2D eigenvalue weighted by Gasteiger charge is -2.10. The summed E-state index contributed by atoms with van der Waals surface area (Å²) in [5, 5.41) is 0. The second-order valence-corrected chi connectivity index (χ2v) is 6.57. The molecule has 0 aliphatic heterocycles. The summed E-state index contributed by atoms with van der Waals surface area (Å²) in [4.78, 5) is -0.215. The van der Waals surface area contributed by atoms with E-state index < -0.39 is 33.2 Å². The fraction of sp³-hybridized carbons (Fsp3) is 0. The third kappa shape index (κ3) is 3.30. The molecule has 0 saturated heterocycles. The fourth-order valence-corrected chi connectivity index (χ4v) is 3.09. The predicted octanol–water partition coefficient (Wildman–Crippen LogP) is 3.25. The van der Waals surface area contributed by atoms with Gasteiger partial charge in [-0.2, -0.15) is 0 Å². The van der Waals surface area contributed by atoms with E-state index >= 15 is 0 Å². The van der Waals surface area contributed by atoms with Crippen LogP contribution in [0.25, 0.3) is 0 Å². The van der Waals surface area contributed by atoms with Crippen molar-refractivity contribution < 1.29 is 21.6 Å². The van der Waals surface area contributed by atoms with Crippen molar-refractivity contribution in [3.63, 3.8) is 0 Å². The average molecular weight is 381 g/mol. The molecule has 2 aromatic rings. The third-order valence-electron chi connectivity index (χ3n) is 2.54. The number of halogens is 4. The molecule has 0 spiro atoms. The summed E-state index contributed by atoms with van der Waals surface area (Å²) in [6.07, 6.45) is 0. The Morgan fingerprint density at radius 2 is 1.62 bits per heavy atom. The van der Waals surface area contributed by atoms with E-state index in [4.69, 9.17) is 5.73 Å². The molecule has 0 aliphatic carbocycles. The van der Waals surface area contributed by atoms with Gasteiger partial charge in [0.1, 0.15) is 5.82 Å². The fourth-order valence-electron chi connectivity index (χ4n) is 1.48. The smallest absolute Gasteiger partial charge is 0.262 e. The van der Waals surface area contributed by atoms with Gasteiger partial charge in [0.15, 0.2) is 11.6 Å². The lowest BCUT2D eigenvalue weighted by atomic mass is 10.3. The van der Waals surface area contributed by atoms with Crippen LogP contribution in [0.3, 0.4) is 0 Å². The van der Waals surface area contributed by atoms with E-state index in [0.717, 1.165) is 0 Å². The summed E-state index contributed by atoms with van der Waals surface area (Å²) in [7, 11) is -4.17.